The molecule has 7 nitrogen and oxygen atoms in total. The molecule has 0 spiro atoms. The minimum Gasteiger partial charge on any atom is -0.379 e. The number of hydrogen-bond acceptors (Lipinski definition) is 5. The lowest BCUT2D eigenvalue weighted by Gasteiger charge is -2.26. The highest BCUT2D eigenvalue weighted by Crippen LogP contribution is 2.21. The Morgan fingerprint density at radius 1 is 1.22 bits per heavy atom. The SMILES string of the molecule is CCNCCNC(=O)c1ccccc1S(=O)(=O)N1CCOCC1. The van der Waals surface area contributed by atoms with Gasteiger partial charge in [0.05, 0.1) is 23.7 Å². The molecule has 0 unspecified atom stereocenters. The van der Waals surface area contributed by atoms with Gasteiger partial charge in [-0.15, -0.1) is 0 Å². The highest BCUT2D eigenvalue weighted by Gasteiger charge is 2.29. The van der Waals surface area contributed by atoms with Gasteiger partial charge >= 0.3 is 0 Å². The average Bonchev–Trinajstić information content (AvgIpc) is 2.59. The van der Waals surface area contributed by atoms with E-state index < -0.39 is 10.0 Å². The summed E-state index contributed by atoms with van der Waals surface area (Å²) in [6, 6.07) is 6.31. The Morgan fingerprint density at radius 3 is 2.61 bits per heavy atom. The first-order valence-electron chi connectivity index (χ1n) is 7.73. The molecule has 1 fully saturated rings. The average molecular weight is 341 g/mol. The monoisotopic (exact) mass is 341 g/mol. The van der Waals surface area contributed by atoms with Gasteiger partial charge in [0.25, 0.3) is 5.91 Å². The van der Waals surface area contributed by atoms with Gasteiger partial charge < -0.3 is 15.4 Å². The Bertz CT molecular complexity index is 627. The van der Waals surface area contributed by atoms with Crippen molar-refractivity contribution in [3.8, 4) is 0 Å². The molecule has 1 aromatic carbocycles. The highest BCUT2D eigenvalue weighted by atomic mass is 32.2. The van der Waals surface area contributed by atoms with Crippen LogP contribution in [0.3, 0.4) is 0 Å². The van der Waals surface area contributed by atoms with Crippen LogP contribution < -0.4 is 10.6 Å². The van der Waals surface area contributed by atoms with E-state index in [0.29, 0.717) is 39.4 Å². The summed E-state index contributed by atoms with van der Waals surface area (Å²) in [5.74, 6) is -0.379. The van der Waals surface area contributed by atoms with Crippen LogP contribution in [0.2, 0.25) is 0 Å². The van der Waals surface area contributed by atoms with Crippen molar-refractivity contribution < 1.29 is 17.9 Å². The zero-order valence-corrected chi connectivity index (χ0v) is 14.1. The Morgan fingerprint density at radius 2 is 1.91 bits per heavy atom. The molecule has 0 bridgehead atoms. The van der Waals surface area contributed by atoms with Gasteiger partial charge in [0, 0.05) is 26.2 Å². The summed E-state index contributed by atoms with van der Waals surface area (Å²) in [5.41, 5.74) is 0.176. The number of ether oxygens (including phenoxy) is 1. The zero-order valence-electron chi connectivity index (χ0n) is 13.2. The summed E-state index contributed by atoms with van der Waals surface area (Å²) in [6.45, 7) is 5.23. The number of hydrogen-bond donors (Lipinski definition) is 2. The third-order valence-corrected chi connectivity index (χ3v) is 5.51. The highest BCUT2D eigenvalue weighted by molar-refractivity contribution is 7.89. The second kappa shape index (κ2) is 8.39. The molecule has 2 N–H and O–H groups in total. The smallest absolute Gasteiger partial charge is 0.252 e. The number of amides is 1. The third-order valence-electron chi connectivity index (χ3n) is 3.56. The van der Waals surface area contributed by atoms with E-state index in [1.165, 1.54) is 16.4 Å². The summed E-state index contributed by atoms with van der Waals surface area (Å²) in [4.78, 5) is 12.4. The number of benzene rings is 1. The van der Waals surface area contributed by atoms with Crippen molar-refractivity contribution in [3.05, 3.63) is 29.8 Å². The van der Waals surface area contributed by atoms with Crippen LogP contribution >= 0.6 is 0 Å². The van der Waals surface area contributed by atoms with E-state index in [0.717, 1.165) is 6.54 Å². The van der Waals surface area contributed by atoms with Crippen molar-refractivity contribution in [1.29, 1.82) is 0 Å². The predicted octanol–water partition coefficient (Wildman–Crippen LogP) is 0.0468. The first-order chi connectivity index (χ1) is 11.1. The minimum absolute atomic E-state index is 0.0443. The van der Waals surface area contributed by atoms with Crippen LogP contribution in [0.4, 0.5) is 0 Å². The number of carbonyl (C=O) groups is 1. The molecule has 0 radical (unpaired) electrons. The van der Waals surface area contributed by atoms with Gasteiger partial charge in [-0.1, -0.05) is 19.1 Å². The van der Waals surface area contributed by atoms with Gasteiger partial charge in [0.2, 0.25) is 10.0 Å². The number of morpholine rings is 1. The van der Waals surface area contributed by atoms with Crippen molar-refractivity contribution in [1.82, 2.24) is 14.9 Å². The van der Waals surface area contributed by atoms with Gasteiger partial charge in [-0.3, -0.25) is 4.79 Å². The Kier molecular flexibility index (Phi) is 6.52. The van der Waals surface area contributed by atoms with Gasteiger partial charge in [-0.05, 0) is 18.7 Å². The quantitative estimate of drug-likeness (QED) is 0.684. The van der Waals surface area contributed by atoms with E-state index in [1.807, 2.05) is 6.92 Å². The summed E-state index contributed by atoms with van der Waals surface area (Å²) in [7, 11) is -3.70. The number of nitrogens with zero attached hydrogens (tertiary/aromatic N) is 1. The molecule has 0 aromatic heterocycles. The molecule has 23 heavy (non-hydrogen) atoms. The first-order valence-corrected chi connectivity index (χ1v) is 9.17. The predicted molar refractivity (Wildman–Crippen MR) is 86.9 cm³/mol. The number of likely N-dealkylation sites (N-methyl/N-ethyl adjacent to an activating group) is 1. The molecule has 1 amide bonds. The van der Waals surface area contributed by atoms with Crippen molar-refractivity contribution in [3.63, 3.8) is 0 Å². The summed E-state index contributed by atoms with van der Waals surface area (Å²) >= 11 is 0. The second-order valence-electron chi connectivity index (χ2n) is 5.12. The van der Waals surface area contributed by atoms with E-state index in [-0.39, 0.29) is 16.4 Å². The molecule has 1 heterocycles. The molecular weight excluding hydrogens is 318 g/mol. The molecule has 1 aromatic rings. The zero-order chi connectivity index (χ0) is 16.7. The Balaban J connectivity index is 2.17. The summed E-state index contributed by atoms with van der Waals surface area (Å²) in [5, 5.41) is 5.84. The molecule has 1 aliphatic rings. The van der Waals surface area contributed by atoms with Gasteiger partial charge in [-0.25, -0.2) is 8.42 Å². The van der Waals surface area contributed by atoms with Gasteiger partial charge in [0.1, 0.15) is 0 Å². The first kappa shape index (κ1) is 17.9. The van der Waals surface area contributed by atoms with Crippen molar-refractivity contribution >= 4 is 15.9 Å². The largest absolute Gasteiger partial charge is 0.379 e. The van der Waals surface area contributed by atoms with Crippen molar-refractivity contribution in [2.45, 2.75) is 11.8 Å². The van der Waals surface area contributed by atoms with E-state index >= 15 is 0 Å². The maximum atomic E-state index is 12.8. The molecule has 0 saturated carbocycles. The third kappa shape index (κ3) is 4.51. The molecule has 1 aliphatic heterocycles. The van der Waals surface area contributed by atoms with E-state index in [2.05, 4.69) is 10.6 Å². The van der Waals surface area contributed by atoms with E-state index in [1.54, 1.807) is 12.1 Å². The van der Waals surface area contributed by atoms with Crippen LogP contribution in [-0.4, -0.2) is 64.6 Å². The lowest BCUT2D eigenvalue weighted by Crippen LogP contribution is -2.41. The van der Waals surface area contributed by atoms with Crippen LogP contribution in [-0.2, 0) is 14.8 Å². The second-order valence-corrected chi connectivity index (χ2v) is 7.03. The molecular formula is C15H23N3O4S. The van der Waals surface area contributed by atoms with Gasteiger partial charge in [-0.2, -0.15) is 4.31 Å². The molecule has 1 saturated heterocycles. The summed E-state index contributed by atoms with van der Waals surface area (Å²) in [6.07, 6.45) is 0. The fourth-order valence-electron chi connectivity index (χ4n) is 2.34. The molecule has 8 heteroatoms. The fraction of sp³-hybridized carbons (Fsp3) is 0.533. The minimum atomic E-state index is -3.70. The van der Waals surface area contributed by atoms with Crippen molar-refractivity contribution in [2.75, 3.05) is 45.9 Å². The summed E-state index contributed by atoms with van der Waals surface area (Å²) < 4.78 is 32.1. The number of sulfonamides is 1. The van der Waals surface area contributed by atoms with E-state index in [4.69, 9.17) is 4.74 Å². The molecule has 2 rings (SSSR count). The Hall–Kier alpha value is -1.48. The lowest BCUT2D eigenvalue weighted by molar-refractivity contribution is 0.0730. The standard InChI is InChI=1S/C15H23N3O4S/c1-2-16-7-8-17-15(19)13-5-3-4-6-14(13)23(20,21)18-9-11-22-12-10-18/h3-6,16H,2,7-12H2,1H3,(H,17,19). The van der Waals surface area contributed by atoms with Crippen LogP contribution in [0.1, 0.15) is 17.3 Å². The van der Waals surface area contributed by atoms with Crippen molar-refractivity contribution in [2.24, 2.45) is 0 Å². The molecule has 128 valence electrons. The van der Waals surface area contributed by atoms with E-state index in [9.17, 15) is 13.2 Å². The molecule has 0 aliphatic carbocycles. The number of nitrogens with one attached hydrogen (secondary N) is 2. The van der Waals surface area contributed by atoms with Gasteiger partial charge in [0.15, 0.2) is 0 Å². The fourth-order valence-corrected chi connectivity index (χ4v) is 3.94. The number of rotatable bonds is 7. The Labute approximate surface area is 137 Å². The van der Waals surface area contributed by atoms with Crippen LogP contribution in [0, 0.1) is 0 Å². The van der Waals surface area contributed by atoms with Crippen LogP contribution in [0.25, 0.3) is 0 Å². The topological polar surface area (TPSA) is 87.7 Å². The number of carbonyl (C=O) groups excluding carboxylic acids is 1. The normalized spacial score (nSPS) is 16.2. The van der Waals surface area contributed by atoms with Crippen LogP contribution in [0.5, 0.6) is 0 Å². The maximum Gasteiger partial charge on any atom is 0.252 e. The molecule has 0 atom stereocenters. The maximum absolute atomic E-state index is 12.8. The lowest BCUT2D eigenvalue weighted by atomic mass is 10.2. The van der Waals surface area contributed by atoms with Crippen LogP contribution in [0.15, 0.2) is 29.2 Å².